The number of para-hydroxylation sites is 1. The van der Waals surface area contributed by atoms with Crippen molar-refractivity contribution in [2.24, 2.45) is 0 Å². The average molecular weight is 289 g/mol. The highest BCUT2D eigenvalue weighted by Gasteiger charge is 2.26. The molecule has 1 heterocycles. The van der Waals surface area contributed by atoms with Gasteiger partial charge in [-0.05, 0) is 11.6 Å². The van der Waals surface area contributed by atoms with E-state index >= 15 is 0 Å². The minimum absolute atomic E-state index is 0.149. The molecular weight excluding hydrogens is 276 g/mol. The fraction of sp³-hybridized carbons (Fsp3) is 0.200. The Morgan fingerprint density at radius 2 is 1.65 bits per heavy atom. The van der Waals surface area contributed by atoms with Crippen LogP contribution in [0.5, 0.6) is 5.75 Å². The number of ether oxygens (including phenoxy) is 1. The molecule has 0 aliphatic carbocycles. The van der Waals surface area contributed by atoms with Gasteiger partial charge < -0.3 is 4.74 Å². The molecule has 1 aliphatic heterocycles. The summed E-state index contributed by atoms with van der Waals surface area (Å²) in [7, 11) is 0. The monoisotopic (exact) mass is 288 g/mol. The lowest BCUT2D eigenvalue weighted by Gasteiger charge is -2.29. The molecule has 0 amide bonds. The van der Waals surface area contributed by atoms with Gasteiger partial charge in [0.05, 0.1) is 0 Å². The smallest absolute Gasteiger partial charge is 0.125 e. The summed E-state index contributed by atoms with van der Waals surface area (Å²) >= 11 is 3.74. The van der Waals surface area contributed by atoms with E-state index in [0.29, 0.717) is 4.83 Å². The van der Waals surface area contributed by atoms with Crippen molar-refractivity contribution in [1.82, 2.24) is 0 Å². The normalized spacial score (nSPS) is 22.6. The maximum Gasteiger partial charge on any atom is 0.125 e. The van der Waals surface area contributed by atoms with Crippen molar-refractivity contribution in [1.29, 1.82) is 0 Å². The first kappa shape index (κ1) is 10.8. The number of halogens is 1. The first-order chi connectivity index (χ1) is 8.34. The molecule has 2 atom stereocenters. The standard InChI is InChI=1S/C15H13BrO/c16-13-10-15(11-6-2-1-3-7-11)17-14-9-5-4-8-12(13)14/h1-9,13,15H,10H2. The molecule has 17 heavy (non-hydrogen) atoms. The molecule has 2 unspecified atom stereocenters. The Bertz CT molecular complexity index is 509. The summed E-state index contributed by atoms with van der Waals surface area (Å²) in [6.45, 7) is 0. The van der Waals surface area contributed by atoms with Crippen molar-refractivity contribution < 1.29 is 4.74 Å². The van der Waals surface area contributed by atoms with Gasteiger partial charge in [-0.2, -0.15) is 0 Å². The van der Waals surface area contributed by atoms with Gasteiger partial charge in [-0.3, -0.25) is 0 Å². The third-order valence-corrected chi connectivity index (χ3v) is 3.99. The van der Waals surface area contributed by atoms with Crippen molar-refractivity contribution in [2.45, 2.75) is 17.4 Å². The summed E-state index contributed by atoms with van der Waals surface area (Å²) in [6, 6.07) is 18.6. The highest BCUT2D eigenvalue weighted by molar-refractivity contribution is 9.09. The fourth-order valence-corrected chi connectivity index (χ4v) is 2.95. The molecule has 2 aromatic rings. The number of benzene rings is 2. The molecule has 0 bridgehead atoms. The van der Waals surface area contributed by atoms with Gasteiger partial charge in [0.2, 0.25) is 0 Å². The molecule has 0 radical (unpaired) electrons. The summed E-state index contributed by atoms with van der Waals surface area (Å²) < 4.78 is 6.06. The van der Waals surface area contributed by atoms with Crippen LogP contribution in [0.15, 0.2) is 54.6 Å². The van der Waals surface area contributed by atoms with Gasteiger partial charge in [0, 0.05) is 16.8 Å². The molecule has 3 rings (SSSR count). The van der Waals surface area contributed by atoms with E-state index in [1.54, 1.807) is 0 Å². The second-order valence-electron chi connectivity index (χ2n) is 4.26. The van der Waals surface area contributed by atoms with Crippen LogP contribution >= 0.6 is 15.9 Å². The molecule has 0 N–H and O–H groups in total. The quantitative estimate of drug-likeness (QED) is 0.694. The van der Waals surface area contributed by atoms with Crippen molar-refractivity contribution >= 4 is 15.9 Å². The van der Waals surface area contributed by atoms with Gasteiger partial charge in [-0.15, -0.1) is 0 Å². The zero-order chi connectivity index (χ0) is 11.7. The Kier molecular flexibility index (Phi) is 2.89. The summed E-state index contributed by atoms with van der Waals surface area (Å²) in [5.74, 6) is 0.995. The highest BCUT2D eigenvalue weighted by atomic mass is 79.9. The Morgan fingerprint density at radius 3 is 2.47 bits per heavy atom. The summed E-state index contributed by atoms with van der Waals surface area (Å²) in [4.78, 5) is 0.373. The van der Waals surface area contributed by atoms with E-state index < -0.39 is 0 Å². The van der Waals surface area contributed by atoms with Gasteiger partial charge in [-0.1, -0.05) is 64.5 Å². The van der Waals surface area contributed by atoms with E-state index in [0.717, 1.165) is 12.2 Å². The highest BCUT2D eigenvalue weighted by Crippen LogP contribution is 2.44. The molecule has 2 aromatic carbocycles. The van der Waals surface area contributed by atoms with E-state index in [1.165, 1.54) is 11.1 Å². The predicted molar refractivity (Wildman–Crippen MR) is 72.5 cm³/mol. The molecule has 86 valence electrons. The average Bonchev–Trinajstić information content (AvgIpc) is 2.40. The number of alkyl halides is 1. The van der Waals surface area contributed by atoms with Crippen LogP contribution < -0.4 is 4.74 Å². The minimum atomic E-state index is 0.149. The predicted octanol–water partition coefficient (Wildman–Crippen LogP) is 4.65. The second-order valence-corrected chi connectivity index (χ2v) is 5.36. The maximum atomic E-state index is 6.06. The van der Waals surface area contributed by atoms with Crippen LogP contribution in [-0.2, 0) is 0 Å². The van der Waals surface area contributed by atoms with Gasteiger partial charge >= 0.3 is 0 Å². The Hall–Kier alpha value is -1.28. The van der Waals surface area contributed by atoms with Gasteiger partial charge in [0.1, 0.15) is 11.9 Å². The van der Waals surface area contributed by atoms with Gasteiger partial charge in [0.25, 0.3) is 0 Å². The van der Waals surface area contributed by atoms with Crippen LogP contribution in [-0.4, -0.2) is 0 Å². The topological polar surface area (TPSA) is 9.23 Å². The SMILES string of the molecule is BrC1CC(c2ccccc2)Oc2ccccc21. The molecule has 0 spiro atoms. The first-order valence-corrected chi connectivity index (χ1v) is 6.71. The van der Waals surface area contributed by atoms with Crippen molar-refractivity contribution in [3.05, 3.63) is 65.7 Å². The van der Waals surface area contributed by atoms with Crippen LogP contribution in [0.4, 0.5) is 0 Å². The third-order valence-electron chi connectivity index (χ3n) is 3.12. The molecule has 1 nitrogen and oxygen atoms in total. The molecule has 0 aromatic heterocycles. The van der Waals surface area contributed by atoms with E-state index in [1.807, 2.05) is 18.2 Å². The number of rotatable bonds is 1. The minimum Gasteiger partial charge on any atom is -0.485 e. The molecule has 1 aliphatic rings. The van der Waals surface area contributed by atoms with Crippen LogP contribution in [0.25, 0.3) is 0 Å². The third kappa shape index (κ3) is 2.09. The van der Waals surface area contributed by atoms with Crippen LogP contribution in [0.1, 0.15) is 28.5 Å². The number of hydrogen-bond acceptors (Lipinski definition) is 1. The fourth-order valence-electron chi connectivity index (χ4n) is 2.23. The van der Waals surface area contributed by atoms with Crippen molar-refractivity contribution in [3.63, 3.8) is 0 Å². The van der Waals surface area contributed by atoms with Crippen LogP contribution in [0, 0.1) is 0 Å². The Morgan fingerprint density at radius 1 is 0.941 bits per heavy atom. The maximum absolute atomic E-state index is 6.06. The number of hydrogen-bond donors (Lipinski definition) is 0. The first-order valence-electron chi connectivity index (χ1n) is 5.79. The molecular formula is C15H13BrO. The Labute approximate surface area is 110 Å². The zero-order valence-corrected chi connectivity index (χ0v) is 10.9. The summed E-state index contributed by atoms with van der Waals surface area (Å²) in [5.41, 5.74) is 2.49. The van der Waals surface area contributed by atoms with Crippen LogP contribution in [0.2, 0.25) is 0 Å². The lowest BCUT2D eigenvalue weighted by Crippen LogP contribution is -2.16. The summed E-state index contributed by atoms with van der Waals surface area (Å²) in [5, 5.41) is 0. The second kappa shape index (κ2) is 4.53. The molecule has 2 heteroatoms. The lowest BCUT2D eigenvalue weighted by molar-refractivity contribution is 0.176. The largest absolute Gasteiger partial charge is 0.485 e. The zero-order valence-electron chi connectivity index (χ0n) is 9.34. The lowest BCUT2D eigenvalue weighted by atomic mass is 9.97. The Balaban J connectivity index is 1.94. The van der Waals surface area contributed by atoms with Crippen molar-refractivity contribution in [3.8, 4) is 5.75 Å². The van der Waals surface area contributed by atoms with E-state index in [9.17, 15) is 0 Å². The molecule has 0 saturated carbocycles. The van der Waals surface area contributed by atoms with E-state index in [4.69, 9.17) is 4.74 Å². The molecule has 0 saturated heterocycles. The van der Waals surface area contributed by atoms with Crippen LogP contribution in [0.3, 0.4) is 0 Å². The van der Waals surface area contributed by atoms with Crippen molar-refractivity contribution in [2.75, 3.05) is 0 Å². The van der Waals surface area contributed by atoms with E-state index in [-0.39, 0.29) is 6.10 Å². The van der Waals surface area contributed by atoms with Gasteiger partial charge in [0.15, 0.2) is 0 Å². The summed E-state index contributed by atoms with van der Waals surface area (Å²) in [6.07, 6.45) is 1.12. The molecule has 0 fully saturated rings. The van der Waals surface area contributed by atoms with Gasteiger partial charge in [-0.25, -0.2) is 0 Å². The van der Waals surface area contributed by atoms with E-state index in [2.05, 4.69) is 52.3 Å². The number of fused-ring (bicyclic) bond motifs is 1.